The van der Waals surface area contributed by atoms with Crippen LogP contribution in [0.25, 0.3) is 0 Å². The van der Waals surface area contributed by atoms with Crippen LogP contribution in [0.15, 0.2) is 18.5 Å². The van der Waals surface area contributed by atoms with Crippen molar-refractivity contribution >= 4 is 12.0 Å². The second kappa shape index (κ2) is 6.92. The van der Waals surface area contributed by atoms with Crippen LogP contribution in [0.2, 0.25) is 0 Å². The standard InChI is InChI=1S/C14H19N3O4/c1-21-12-4-5-15-7-11(12)8-16-14(20)17-6-2-3-10(9-17)13(18)19/h4-5,7,10H,2-3,6,8-9H2,1H3,(H,16,20)(H,18,19). The van der Waals surface area contributed by atoms with Crippen LogP contribution in [0.1, 0.15) is 18.4 Å². The van der Waals surface area contributed by atoms with E-state index < -0.39 is 11.9 Å². The lowest BCUT2D eigenvalue weighted by molar-refractivity contribution is -0.143. The van der Waals surface area contributed by atoms with Gasteiger partial charge in [-0.05, 0) is 18.9 Å². The number of amides is 2. The van der Waals surface area contributed by atoms with Gasteiger partial charge in [0, 0.05) is 37.6 Å². The first-order valence-electron chi connectivity index (χ1n) is 6.84. The molecule has 2 heterocycles. The third-order valence-corrected chi connectivity index (χ3v) is 3.57. The fraction of sp³-hybridized carbons (Fsp3) is 0.500. The van der Waals surface area contributed by atoms with Crippen LogP contribution in [-0.4, -0.2) is 47.2 Å². The minimum atomic E-state index is -0.846. The minimum Gasteiger partial charge on any atom is -0.496 e. The number of nitrogens with zero attached hydrogens (tertiary/aromatic N) is 2. The molecule has 21 heavy (non-hydrogen) atoms. The third-order valence-electron chi connectivity index (χ3n) is 3.57. The molecule has 1 aromatic rings. The predicted octanol–water partition coefficient (Wildman–Crippen LogP) is 1.10. The van der Waals surface area contributed by atoms with Crippen molar-refractivity contribution in [2.75, 3.05) is 20.2 Å². The molecule has 1 saturated heterocycles. The van der Waals surface area contributed by atoms with E-state index in [-0.39, 0.29) is 12.6 Å². The Bertz CT molecular complexity index is 521. The van der Waals surface area contributed by atoms with Gasteiger partial charge >= 0.3 is 12.0 Å². The summed E-state index contributed by atoms with van der Waals surface area (Å²) >= 11 is 0. The molecular weight excluding hydrogens is 274 g/mol. The molecule has 0 saturated carbocycles. The number of ether oxygens (including phenoxy) is 1. The predicted molar refractivity (Wildman–Crippen MR) is 75.0 cm³/mol. The van der Waals surface area contributed by atoms with Crippen LogP contribution in [-0.2, 0) is 11.3 Å². The fourth-order valence-electron chi connectivity index (χ4n) is 2.39. The van der Waals surface area contributed by atoms with Gasteiger partial charge in [-0.1, -0.05) is 0 Å². The summed E-state index contributed by atoms with van der Waals surface area (Å²) in [5, 5.41) is 11.8. The van der Waals surface area contributed by atoms with Crippen molar-refractivity contribution in [3.8, 4) is 5.75 Å². The number of hydrogen-bond acceptors (Lipinski definition) is 4. The van der Waals surface area contributed by atoms with Crippen LogP contribution >= 0.6 is 0 Å². The molecule has 1 fully saturated rings. The maximum Gasteiger partial charge on any atom is 0.317 e. The Morgan fingerprint density at radius 3 is 3.10 bits per heavy atom. The zero-order valence-corrected chi connectivity index (χ0v) is 11.9. The highest BCUT2D eigenvalue weighted by molar-refractivity contribution is 5.76. The van der Waals surface area contributed by atoms with E-state index in [0.717, 1.165) is 5.56 Å². The van der Waals surface area contributed by atoms with Crippen LogP contribution in [0.5, 0.6) is 5.75 Å². The van der Waals surface area contributed by atoms with Crippen LogP contribution in [0.3, 0.4) is 0 Å². The van der Waals surface area contributed by atoms with Gasteiger partial charge in [0.05, 0.1) is 13.0 Å². The SMILES string of the molecule is COc1ccncc1CNC(=O)N1CCCC(C(=O)O)C1. The first-order chi connectivity index (χ1) is 10.1. The summed E-state index contributed by atoms with van der Waals surface area (Å²) in [5.41, 5.74) is 0.778. The lowest BCUT2D eigenvalue weighted by Gasteiger charge is -2.30. The molecule has 0 aromatic carbocycles. The lowest BCUT2D eigenvalue weighted by atomic mass is 9.99. The van der Waals surface area contributed by atoms with Crippen LogP contribution in [0, 0.1) is 5.92 Å². The van der Waals surface area contributed by atoms with E-state index in [0.29, 0.717) is 31.7 Å². The number of aliphatic carboxylic acids is 1. The molecule has 1 aromatic heterocycles. The minimum absolute atomic E-state index is 0.255. The highest BCUT2D eigenvalue weighted by atomic mass is 16.5. The zero-order chi connectivity index (χ0) is 15.2. The Hall–Kier alpha value is -2.31. The highest BCUT2D eigenvalue weighted by Gasteiger charge is 2.27. The number of piperidine rings is 1. The number of urea groups is 1. The second-order valence-electron chi connectivity index (χ2n) is 4.97. The molecular formula is C14H19N3O4. The average molecular weight is 293 g/mol. The number of pyridine rings is 1. The van der Waals surface area contributed by atoms with Crippen molar-refractivity contribution in [2.24, 2.45) is 5.92 Å². The maximum atomic E-state index is 12.1. The maximum absolute atomic E-state index is 12.1. The van der Waals surface area contributed by atoms with Gasteiger partial charge in [-0.2, -0.15) is 0 Å². The molecule has 0 bridgehead atoms. The summed E-state index contributed by atoms with van der Waals surface area (Å²) in [6, 6.07) is 1.47. The number of aromatic nitrogens is 1. The molecule has 114 valence electrons. The number of likely N-dealkylation sites (tertiary alicyclic amines) is 1. The molecule has 0 radical (unpaired) electrons. The molecule has 2 amide bonds. The third kappa shape index (κ3) is 3.84. The van der Waals surface area contributed by atoms with E-state index in [4.69, 9.17) is 9.84 Å². The molecule has 1 atom stereocenters. The molecule has 1 unspecified atom stereocenters. The number of carboxylic acid groups (broad SMARTS) is 1. The van der Waals surface area contributed by atoms with Crippen LogP contribution in [0.4, 0.5) is 4.79 Å². The van der Waals surface area contributed by atoms with E-state index in [1.54, 1.807) is 30.5 Å². The Morgan fingerprint density at radius 2 is 2.38 bits per heavy atom. The average Bonchev–Trinajstić information content (AvgIpc) is 2.52. The summed E-state index contributed by atoms with van der Waals surface area (Å²) < 4.78 is 5.19. The number of methoxy groups -OCH3 is 1. The molecule has 1 aliphatic heterocycles. The van der Waals surface area contributed by atoms with Crippen LogP contribution < -0.4 is 10.1 Å². The second-order valence-corrected chi connectivity index (χ2v) is 4.97. The number of rotatable bonds is 4. The Morgan fingerprint density at radius 1 is 1.57 bits per heavy atom. The number of carbonyl (C=O) groups is 2. The quantitative estimate of drug-likeness (QED) is 0.867. The molecule has 0 spiro atoms. The van der Waals surface area contributed by atoms with Crippen molar-refractivity contribution in [2.45, 2.75) is 19.4 Å². The van der Waals surface area contributed by atoms with E-state index in [9.17, 15) is 9.59 Å². The van der Waals surface area contributed by atoms with Gasteiger partial charge in [-0.25, -0.2) is 4.79 Å². The van der Waals surface area contributed by atoms with Crippen molar-refractivity contribution in [3.05, 3.63) is 24.0 Å². The summed E-state index contributed by atoms with van der Waals surface area (Å²) in [7, 11) is 1.56. The van der Waals surface area contributed by atoms with Crippen molar-refractivity contribution < 1.29 is 19.4 Å². The number of hydrogen-bond donors (Lipinski definition) is 2. The van der Waals surface area contributed by atoms with Gasteiger partial charge in [-0.3, -0.25) is 9.78 Å². The normalized spacial score (nSPS) is 18.1. The highest BCUT2D eigenvalue weighted by Crippen LogP contribution is 2.18. The van der Waals surface area contributed by atoms with Gasteiger partial charge in [0.1, 0.15) is 5.75 Å². The Kier molecular flexibility index (Phi) is 4.97. The monoisotopic (exact) mass is 293 g/mol. The van der Waals surface area contributed by atoms with E-state index in [2.05, 4.69) is 10.3 Å². The van der Waals surface area contributed by atoms with Crippen molar-refractivity contribution in [3.63, 3.8) is 0 Å². The van der Waals surface area contributed by atoms with Crippen molar-refractivity contribution in [1.82, 2.24) is 15.2 Å². The number of carbonyl (C=O) groups excluding carboxylic acids is 1. The molecule has 2 rings (SSSR count). The molecule has 1 aliphatic rings. The Balaban J connectivity index is 1.91. The Labute approximate surface area is 122 Å². The first-order valence-corrected chi connectivity index (χ1v) is 6.84. The summed E-state index contributed by atoms with van der Waals surface area (Å²) in [6.45, 7) is 1.13. The van der Waals surface area contributed by atoms with Gasteiger partial charge in [0.25, 0.3) is 0 Å². The van der Waals surface area contributed by atoms with Gasteiger partial charge in [0.2, 0.25) is 0 Å². The summed E-state index contributed by atoms with van der Waals surface area (Å²) in [5.74, 6) is -0.661. The summed E-state index contributed by atoms with van der Waals surface area (Å²) in [4.78, 5) is 28.6. The largest absolute Gasteiger partial charge is 0.496 e. The van der Waals surface area contributed by atoms with Gasteiger partial charge in [-0.15, -0.1) is 0 Å². The molecule has 2 N–H and O–H groups in total. The first kappa shape index (κ1) is 15.1. The van der Waals surface area contributed by atoms with Gasteiger partial charge in [0.15, 0.2) is 0 Å². The van der Waals surface area contributed by atoms with Crippen molar-refractivity contribution in [1.29, 1.82) is 0 Å². The fourth-order valence-corrected chi connectivity index (χ4v) is 2.39. The van der Waals surface area contributed by atoms with E-state index >= 15 is 0 Å². The van der Waals surface area contributed by atoms with Gasteiger partial charge < -0.3 is 20.1 Å². The summed E-state index contributed by atoms with van der Waals surface area (Å²) in [6.07, 6.45) is 4.58. The number of nitrogens with one attached hydrogen (secondary N) is 1. The number of carboxylic acids is 1. The lowest BCUT2D eigenvalue weighted by Crippen LogP contribution is -2.46. The smallest absolute Gasteiger partial charge is 0.317 e. The van der Waals surface area contributed by atoms with E-state index in [1.807, 2.05) is 0 Å². The zero-order valence-electron chi connectivity index (χ0n) is 11.9. The molecule has 7 heteroatoms. The topological polar surface area (TPSA) is 91.8 Å². The molecule has 7 nitrogen and oxygen atoms in total. The van der Waals surface area contributed by atoms with E-state index in [1.165, 1.54) is 0 Å². The molecule has 0 aliphatic carbocycles.